The molecule has 0 saturated heterocycles. The third-order valence-corrected chi connectivity index (χ3v) is 5.67. The summed E-state index contributed by atoms with van der Waals surface area (Å²) in [5.74, 6) is 2.52. The van der Waals surface area contributed by atoms with Gasteiger partial charge < -0.3 is 14.8 Å². The lowest BCUT2D eigenvalue weighted by molar-refractivity contribution is -0.119. The Morgan fingerprint density at radius 2 is 1.88 bits per heavy atom. The SMILES string of the molecule is C[C@@H](NC(=O)CSCc1ccc(Cl)c(Cl)c1)c1ccc2c(c1)OCCO2. The molecule has 1 aliphatic rings. The number of halogens is 2. The van der Waals surface area contributed by atoms with Gasteiger partial charge in [0.2, 0.25) is 5.91 Å². The normalized spacial score (nSPS) is 14.0. The molecule has 2 aromatic rings. The molecule has 3 rings (SSSR count). The number of hydrogen-bond donors (Lipinski definition) is 1. The van der Waals surface area contributed by atoms with Crippen LogP contribution in [0.3, 0.4) is 0 Å². The summed E-state index contributed by atoms with van der Waals surface area (Å²) in [6.07, 6.45) is 0. The molecule has 1 heterocycles. The third kappa shape index (κ3) is 5.00. The van der Waals surface area contributed by atoms with Crippen molar-refractivity contribution in [2.24, 2.45) is 0 Å². The standard InChI is InChI=1S/C19H19Cl2NO3S/c1-12(14-3-5-17-18(9-14)25-7-6-24-17)22-19(23)11-26-10-13-2-4-15(20)16(21)8-13/h2-5,8-9,12H,6-7,10-11H2,1H3,(H,22,23)/t12-/m1/s1. The Morgan fingerprint density at radius 3 is 2.65 bits per heavy atom. The monoisotopic (exact) mass is 411 g/mol. The van der Waals surface area contributed by atoms with Crippen LogP contribution in [0.15, 0.2) is 36.4 Å². The molecule has 0 fully saturated rings. The number of thioether (sulfide) groups is 1. The fourth-order valence-corrected chi connectivity index (χ4v) is 3.69. The third-order valence-electron chi connectivity index (χ3n) is 3.93. The Kier molecular flexibility index (Phi) is 6.57. The van der Waals surface area contributed by atoms with Crippen LogP contribution in [0.5, 0.6) is 11.5 Å². The number of nitrogens with one attached hydrogen (secondary N) is 1. The number of carbonyl (C=O) groups excluding carboxylic acids is 1. The Morgan fingerprint density at radius 1 is 1.12 bits per heavy atom. The highest BCUT2D eigenvalue weighted by molar-refractivity contribution is 7.99. The van der Waals surface area contributed by atoms with Crippen molar-refractivity contribution in [1.82, 2.24) is 5.32 Å². The van der Waals surface area contributed by atoms with Crippen LogP contribution in [0.1, 0.15) is 24.1 Å². The molecule has 0 spiro atoms. The molecule has 7 heteroatoms. The highest BCUT2D eigenvalue weighted by Gasteiger charge is 2.15. The Labute approximate surface area is 167 Å². The minimum Gasteiger partial charge on any atom is -0.486 e. The molecule has 1 aliphatic heterocycles. The van der Waals surface area contributed by atoms with E-state index in [9.17, 15) is 4.79 Å². The zero-order valence-corrected chi connectivity index (χ0v) is 16.6. The van der Waals surface area contributed by atoms with Gasteiger partial charge in [-0.05, 0) is 42.3 Å². The van der Waals surface area contributed by atoms with Crippen LogP contribution < -0.4 is 14.8 Å². The number of rotatable bonds is 6. The van der Waals surface area contributed by atoms with E-state index >= 15 is 0 Å². The van der Waals surface area contributed by atoms with Gasteiger partial charge in [-0.3, -0.25) is 4.79 Å². The number of amides is 1. The van der Waals surface area contributed by atoms with Gasteiger partial charge in [-0.15, -0.1) is 11.8 Å². The number of ether oxygens (including phenoxy) is 2. The van der Waals surface area contributed by atoms with Gasteiger partial charge >= 0.3 is 0 Å². The summed E-state index contributed by atoms with van der Waals surface area (Å²) in [6.45, 7) is 3.06. The summed E-state index contributed by atoms with van der Waals surface area (Å²) in [7, 11) is 0. The molecule has 0 aliphatic carbocycles. The van der Waals surface area contributed by atoms with Crippen molar-refractivity contribution in [2.45, 2.75) is 18.7 Å². The van der Waals surface area contributed by atoms with Gasteiger partial charge in [-0.25, -0.2) is 0 Å². The predicted octanol–water partition coefficient (Wildman–Crippen LogP) is 4.88. The maximum Gasteiger partial charge on any atom is 0.230 e. The van der Waals surface area contributed by atoms with E-state index in [0.717, 1.165) is 22.6 Å². The van der Waals surface area contributed by atoms with Gasteiger partial charge in [0.25, 0.3) is 0 Å². The van der Waals surface area contributed by atoms with E-state index in [1.54, 1.807) is 6.07 Å². The van der Waals surface area contributed by atoms with E-state index in [1.165, 1.54) is 11.8 Å². The summed E-state index contributed by atoms with van der Waals surface area (Å²) >= 11 is 13.4. The fraction of sp³-hybridized carbons (Fsp3) is 0.316. The van der Waals surface area contributed by atoms with Gasteiger partial charge in [0.15, 0.2) is 11.5 Å². The largest absolute Gasteiger partial charge is 0.486 e. The average molecular weight is 412 g/mol. The topological polar surface area (TPSA) is 47.6 Å². The molecule has 0 radical (unpaired) electrons. The molecule has 4 nitrogen and oxygen atoms in total. The van der Waals surface area contributed by atoms with Gasteiger partial charge in [-0.1, -0.05) is 35.3 Å². The second kappa shape index (κ2) is 8.89. The van der Waals surface area contributed by atoms with E-state index in [0.29, 0.717) is 34.8 Å². The van der Waals surface area contributed by atoms with Gasteiger partial charge in [-0.2, -0.15) is 0 Å². The summed E-state index contributed by atoms with van der Waals surface area (Å²) in [6, 6.07) is 11.1. The lowest BCUT2D eigenvalue weighted by Gasteiger charge is -2.21. The number of benzene rings is 2. The van der Waals surface area contributed by atoms with Crippen LogP contribution in [-0.4, -0.2) is 24.9 Å². The highest BCUT2D eigenvalue weighted by Crippen LogP contribution is 2.32. The summed E-state index contributed by atoms with van der Waals surface area (Å²) in [4.78, 5) is 12.2. The van der Waals surface area contributed by atoms with Crippen molar-refractivity contribution in [3.05, 3.63) is 57.6 Å². The van der Waals surface area contributed by atoms with Crippen molar-refractivity contribution in [3.8, 4) is 11.5 Å². The predicted molar refractivity (Wildman–Crippen MR) is 107 cm³/mol. The van der Waals surface area contributed by atoms with Crippen molar-refractivity contribution >= 4 is 40.9 Å². The van der Waals surface area contributed by atoms with E-state index in [1.807, 2.05) is 37.3 Å². The molecule has 2 aromatic carbocycles. The molecule has 138 valence electrons. The fourth-order valence-electron chi connectivity index (χ4n) is 2.59. The second-order valence-corrected chi connectivity index (χ2v) is 7.73. The van der Waals surface area contributed by atoms with Crippen molar-refractivity contribution in [3.63, 3.8) is 0 Å². The second-order valence-electron chi connectivity index (χ2n) is 5.93. The maximum atomic E-state index is 12.2. The molecular weight excluding hydrogens is 393 g/mol. The van der Waals surface area contributed by atoms with Gasteiger partial charge in [0.1, 0.15) is 13.2 Å². The maximum absolute atomic E-state index is 12.2. The summed E-state index contributed by atoms with van der Waals surface area (Å²) < 4.78 is 11.1. The molecule has 0 unspecified atom stereocenters. The average Bonchev–Trinajstić information content (AvgIpc) is 2.64. The van der Waals surface area contributed by atoms with E-state index in [4.69, 9.17) is 32.7 Å². The molecular formula is C19H19Cl2NO3S. The van der Waals surface area contributed by atoms with Gasteiger partial charge in [0.05, 0.1) is 21.8 Å². The first-order chi connectivity index (χ1) is 12.5. The number of hydrogen-bond acceptors (Lipinski definition) is 4. The van der Waals surface area contributed by atoms with E-state index < -0.39 is 0 Å². The quantitative estimate of drug-likeness (QED) is 0.735. The molecule has 1 N–H and O–H groups in total. The molecule has 0 saturated carbocycles. The Bertz CT molecular complexity index is 800. The lowest BCUT2D eigenvalue weighted by Crippen LogP contribution is -2.28. The van der Waals surface area contributed by atoms with Crippen LogP contribution in [0, 0.1) is 0 Å². The van der Waals surface area contributed by atoms with E-state index in [2.05, 4.69) is 5.32 Å². The number of fused-ring (bicyclic) bond motifs is 1. The molecule has 0 aromatic heterocycles. The molecule has 1 amide bonds. The van der Waals surface area contributed by atoms with Crippen LogP contribution in [0.4, 0.5) is 0 Å². The smallest absolute Gasteiger partial charge is 0.230 e. The lowest BCUT2D eigenvalue weighted by atomic mass is 10.1. The minimum absolute atomic E-state index is 0.0163. The summed E-state index contributed by atoms with van der Waals surface area (Å²) in [5.41, 5.74) is 2.02. The molecule has 1 atom stereocenters. The van der Waals surface area contributed by atoms with Crippen LogP contribution in [0.25, 0.3) is 0 Å². The van der Waals surface area contributed by atoms with Crippen molar-refractivity contribution < 1.29 is 14.3 Å². The first-order valence-electron chi connectivity index (χ1n) is 8.23. The first-order valence-corrected chi connectivity index (χ1v) is 10.1. The van der Waals surface area contributed by atoms with Crippen LogP contribution in [-0.2, 0) is 10.5 Å². The Balaban J connectivity index is 1.49. The van der Waals surface area contributed by atoms with Gasteiger partial charge in [0, 0.05) is 5.75 Å². The Hall–Kier alpha value is -1.56. The molecule has 0 bridgehead atoms. The zero-order chi connectivity index (χ0) is 18.5. The van der Waals surface area contributed by atoms with Crippen LogP contribution >= 0.6 is 35.0 Å². The number of carbonyl (C=O) groups is 1. The first kappa shape index (κ1) is 19.2. The van der Waals surface area contributed by atoms with Crippen molar-refractivity contribution in [2.75, 3.05) is 19.0 Å². The van der Waals surface area contributed by atoms with E-state index in [-0.39, 0.29) is 11.9 Å². The van der Waals surface area contributed by atoms with Crippen LogP contribution in [0.2, 0.25) is 10.0 Å². The minimum atomic E-state index is -0.107. The summed E-state index contributed by atoms with van der Waals surface area (Å²) in [5, 5.41) is 4.07. The molecule has 26 heavy (non-hydrogen) atoms. The van der Waals surface area contributed by atoms with Crippen molar-refractivity contribution in [1.29, 1.82) is 0 Å². The zero-order valence-electron chi connectivity index (χ0n) is 14.3. The highest BCUT2D eigenvalue weighted by atomic mass is 35.5.